The average Bonchev–Trinajstić information content (AvgIpc) is 2.48. The SMILES string of the molecule is CC(C)(F)C(=O)N1CCC(C(=O)Nc2ccc(F)cc2)CC1. The molecule has 2 rings (SSSR count). The second-order valence-corrected chi connectivity index (χ2v) is 6.04. The van der Waals surface area contributed by atoms with Crippen LogP contribution in [-0.2, 0) is 9.59 Å². The second-order valence-electron chi connectivity index (χ2n) is 6.04. The van der Waals surface area contributed by atoms with E-state index in [2.05, 4.69) is 5.32 Å². The summed E-state index contributed by atoms with van der Waals surface area (Å²) in [7, 11) is 0. The van der Waals surface area contributed by atoms with E-state index in [1.165, 1.54) is 43.0 Å². The molecule has 1 aliphatic heterocycles. The van der Waals surface area contributed by atoms with Crippen LogP contribution in [0.15, 0.2) is 24.3 Å². The van der Waals surface area contributed by atoms with Crippen LogP contribution < -0.4 is 5.32 Å². The molecule has 4 nitrogen and oxygen atoms in total. The van der Waals surface area contributed by atoms with E-state index >= 15 is 0 Å². The van der Waals surface area contributed by atoms with Crippen LogP contribution in [0.1, 0.15) is 26.7 Å². The third-order valence-electron chi connectivity index (χ3n) is 3.77. The summed E-state index contributed by atoms with van der Waals surface area (Å²) >= 11 is 0. The van der Waals surface area contributed by atoms with E-state index in [0.717, 1.165) is 0 Å². The Morgan fingerprint density at radius 1 is 1.18 bits per heavy atom. The van der Waals surface area contributed by atoms with Crippen molar-refractivity contribution in [3.8, 4) is 0 Å². The Morgan fingerprint density at radius 2 is 1.73 bits per heavy atom. The van der Waals surface area contributed by atoms with E-state index in [0.29, 0.717) is 31.6 Å². The molecule has 6 heteroatoms. The van der Waals surface area contributed by atoms with Crippen molar-refractivity contribution in [2.45, 2.75) is 32.4 Å². The zero-order valence-corrected chi connectivity index (χ0v) is 12.7. The molecule has 120 valence electrons. The van der Waals surface area contributed by atoms with Gasteiger partial charge in [-0.3, -0.25) is 9.59 Å². The molecule has 22 heavy (non-hydrogen) atoms. The van der Waals surface area contributed by atoms with Crippen molar-refractivity contribution < 1.29 is 18.4 Å². The Hall–Kier alpha value is -1.98. The summed E-state index contributed by atoms with van der Waals surface area (Å²) < 4.78 is 26.5. The van der Waals surface area contributed by atoms with Crippen LogP contribution in [0.25, 0.3) is 0 Å². The monoisotopic (exact) mass is 310 g/mol. The number of hydrogen-bond acceptors (Lipinski definition) is 2. The van der Waals surface area contributed by atoms with Crippen LogP contribution in [-0.4, -0.2) is 35.5 Å². The number of nitrogens with zero attached hydrogens (tertiary/aromatic N) is 1. The van der Waals surface area contributed by atoms with E-state index in [1.807, 2.05) is 0 Å². The minimum absolute atomic E-state index is 0.154. The van der Waals surface area contributed by atoms with Crippen LogP contribution in [0, 0.1) is 11.7 Å². The number of carbonyl (C=O) groups excluding carboxylic acids is 2. The first-order chi connectivity index (χ1) is 10.3. The zero-order chi connectivity index (χ0) is 16.3. The van der Waals surface area contributed by atoms with Gasteiger partial charge in [-0.15, -0.1) is 0 Å². The van der Waals surface area contributed by atoms with Gasteiger partial charge in [-0.25, -0.2) is 8.78 Å². The van der Waals surface area contributed by atoms with Crippen molar-refractivity contribution in [1.29, 1.82) is 0 Å². The van der Waals surface area contributed by atoms with Crippen molar-refractivity contribution >= 4 is 17.5 Å². The van der Waals surface area contributed by atoms with Crippen LogP contribution >= 0.6 is 0 Å². The lowest BCUT2D eigenvalue weighted by atomic mass is 9.94. The molecule has 0 bridgehead atoms. The molecule has 0 aliphatic carbocycles. The van der Waals surface area contributed by atoms with E-state index in [4.69, 9.17) is 0 Å². The first kappa shape index (κ1) is 16.4. The fourth-order valence-corrected chi connectivity index (χ4v) is 2.50. The maximum Gasteiger partial charge on any atom is 0.259 e. The van der Waals surface area contributed by atoms with E-state index < -0.39 is 11.6 Å². The molecule has 0 unspecified atom stereocenters. The van der Waals surface area contributed by atoms with E-state index in [1.54, 1.807) is 0 Å². The molecule has 0 atom stereocenters. The topological polar surface area (TPSA) is 49.4 Å². The highest BCUT2D eigenvalue weighted by Gasteiger charge is 2.35. The number of piperidine rings is 1. The van der Waals surface area contributed by atoms with Gasteiger partial charge in [-0.05, 0) is 51.0 Å². The van der Waals surface area contributed by atoms with Gasteiger partial charge < -0.3 is 10.2 Å². The van der Waals surface area contributed by atoms with E-state index in [-0.39, 0.29) is 17.6 Å². The first-order valence-electron chi connectivity index (χ1n) is 7.32. The summed E-state index contributed by atoms with van der Waals surface area (Å²) in [4.78, 5) is 25.4. The van der Waals surface area contributed by atoms with Crippen LogP contribution in [0.2, 0.25) is 0 Å². The minimum Gasteiger partial charge on any atom is -0.340 e. The molecule has 1 saturated heterocycles. The Labute approximate surface area is 128 Å². The molecule has 1 aliphatic rings. The fraction of sp³-hybridized carbons (Fsp3) is 0.500. The minimum atomic E-state index is -1.89. The van der Waals surface area contributed by atoms with Crippen molar-refractivity contribution in [3.63, 3.8) is 0 Å². The summed E-state index contributed by atoms with van der Waals surface area (Å²) in [6.07, 6.45) is 0.990. The molecule has 1 heterocycles. The highest BCUT2D eigenvalue weighted by molar-refractivity contribution is 5.92. The molecule has 1 N–H and O–H groups in total. The summed E-state index contributed by atoms with van der Waals surface area (Å²) in [5.74, 6) is -1.28. The number of alkyl halides is 1. The molecule has 1 aromatic carbocycles. The third kappa shape index (κ3) is 4.02. The summed E-state index contributed by atoms with van der Waals surface area (Å²) in [6.45, 7) is 3.21. The second kappa shape index (κ2) is 6.42. The Bertz CT molecular complexity index is 544. The molecular formula is C16H20F2N2O2. The van der Waals surface area contributed by atoms with Crippen molar-refractivity contribution in [1.82, 2.24) is 4.90 Å². The Morgan fingerprint density at radius 3 is 2.23 bits per heavy atom. The predicted octanol–water partition coefficient (Wildman–Crippen LogP) is 2.75. The number of benzene rings is 1. The molecule has 2 amide bonds. The smallest absolute Gasteiger partial charge is 0.259 e. The quantitative estimate of drug-likeness (QED) is 0.933. The lowest BCUT2D eigenvalue weighted by Crippen LogP contribution is -2.47. The molecule has 0 radical (unpaired) electrons. The van der Waals surface area contributed by atoms with Gasteiger partial charge in [-0.1, -0.05) is 0 Å². The molecule has 0 aromatic heterocycles. The lowest BCUT2D eigenvalue weighted by Gasteiger charge is -2.33. The van der Waals surface area contributed by atoms with Gasteiger partial charge in [-0.2, -0.15) is 0 Å². The largest absolute Gasteiger partial charge is 0.340 e. The number of rotatable bonds is 3. The highest BCUT2D eigenvalue weighted by Crippen LogP contribution is 2.23. The maximum atomic E-state index is 13.6. The maximum absolute atomic E-state index is 13.6. The number of anilines is 1. The number of nitrogens with one attached hydrogen (secondary N) is 1. The first-order valence-corrected chi connectivity index (χ1v) is 7.32. The van der Waals surface area contributed by atoms with Gasteiger partial charge in [0, 0.05) is 24.7 Å². The van der Waals surface area contributed by atoms with E-state index in [9.17, 15) is 18.4 Å². The van der Waals surface area contributed by atoms with Crippen LogP contribution in [0.4, 0.5) is 14.5 Å². The predicted molar refractivity (Wildman–Crippen MR) is 79.5 cm³/mol. The highest BCUT2D eigenvalue weighted by atomic mass is 19.1. The molecule has 1 aromatic rings. The number of amides is 2. The lowest BCUT2D eigenvalue weighted by molar-refractivity contribution is -0.144. The summed E-state index contributed by atoms with van der Waals surface area (Å²) in [5, 5.41) is 2.73. The van der Waals surface area contributed by atoms with Crippen molar-refractivity contribution in [2.24, 2.45) is 5.92 Å². The van der Waals surface area contributed by atoms with Gasteiger partial charge in [0.2, 0.25) is 5.91 Å². The summed E-state index contributed by atoms with van der Waals surface area (Å²) in [5.41, 5.74) is -1.35. The van der Waals surface area contributed by atoms with Crippen molar-refractivity contribution in [2.75, 3.05) is 18.4 Å². The standard InChI is InChI=1S/C16H20F2N2O2/c1-16(2,18)15(22)20-9-7-11(8-10-20)14(21)19-13-5-3-12(17)4-6-13/h3-6,11H,7-10H2,1-2H3,(H,19,21). The molecule has 1 fully saturated rings. The zero-order valence-electron chi connectivity index (χ0n) is 12.7. The van der Waals surface area contributed by atoms with Gasteiger partial charge in [0.25, 0.3) is 5.91 Å². The Balaban J connectivity index is 1.87. The number of likely N-dealkylation sites (tertiary alicyclic amines) is 1. The van der Waals surface area contributed by atoms with Gasteiger partial charge >= 0.3 is 0 Å². The normalized spacial score (nSPS) is 16.5. The Kier molecular flexibility index (Phi) is 4.78. The fourth-order valence-electron chi connectivity index (χ4n) is 2.50. The number of carbonyl (C=O) groups is 2. The summed E-state index contributed by atoms with van der Waals surface area (Å²) in [6, 6.07) is 5.55. The number of hydrogen-bond donors (Lipinski definition) is 1. The van der Waals surface area contributed by atoms with Gasteiger partial charge in [0.15, 0.2) is 5.67 Å². The molecular weight excluding hydrogens is 290 g/mol. The van der Waals surface area contributed by atoms with Crippen LogP contribution in [0.5, 0.6) is 0 Å². The van der Waals surface area contributed by atoms with Crippen LogP contribution in [0.3, 0.4) is 0 Å². The van der Waals surface area contributed by atoms with Gasteiger partial charge in [0.05, 0.1) is 0 Å². The third-order valence-corrected chi connectivity index (χ3v) is 3.77. The molecule has 0 saturated carbocycles. The van der Waals surface area contributed by atoms with Gasteiger partial charge in [0.1, 0.15) is 5.82 Å². The molecule has 0 spiro atoms. The number of halogens is 2. The average molecular weight is 310 g/mol. The van der Waals surface area contributed by atoms with Crippen molar-refractivity contribution in [3.05, 3.63) is 30.1 Å².